The standard InChI is InChI=1S/C14H12BrFO2/c15-13-12(7-4-5-11(17)10(16)6-7)8-2-1-3-9(8)14(13)18/h4-6,8-9,17H,1-3H2. The van der Waals surface area contributed by atoms with E-state index in [4.69, 9.17) is 0 Å². The van der Waals surface area contributed by atoms with Crippen molar-refractivity contribution in [1.82, 2.24) is 0 Å². The lowest BCUT2D eigenvalue weighted by Crippen LogP contribution is -2.10. The summed E-state index contributed by atoms with van der Waals surface area (Å²) in [7, 11) is 0. The molecule has 0 heterocycles. The van der Waals surface area contributed by atoms with E-state index in [1.165, 1.54) is 12.1 Å². The molecule has 0 aliphatic heterocycles. The molecular weight excluding hydrogens is 299 g/mol. The Morgan fingerprint density at radius 3 is 2.72 bits per heavy atom. The Balaban J connectivity index is 2.09. The van der Waals surface area contributed by atoms with Crippen molar-refractivity contribution < 1.29 is 14.3 Å². The van der Waals surface area contributed by atoms with Crippen LogP contribution < -0.4 is 0 Å². The van der Waals surface area contributed by atoms with E-state index in [0.717, 1.165) is 24.8 Å². The zero-order valence-corrected chi connectivity index (χ0v) is 11.2. The molecule has 0 aromatic heterocycles. The van der Waals surface area contributed by atoms with E-state index >= 15 is 0 Å². The third-order valence-corrected chi connectivity index (χ3v) is 4.75. The lowest BCUT2D eigenvalue weighted by Gasteiger charge is -2.13. The summed E-state index contributed by atoms with van der Waals surface area (Å²) in [6.07, 6.45) is 2.94. The maximum absolute atomic E-state index is 13.4. The summed E-state index contributed by atoms with van der Waals surface area (Å²) in [6.45, 7) is 0. The van der Waals surface area contributed by atoms with Gasteiger partial charge in [-0.25, -0.2) is 4.39 Å². The fraction of sp³-hybridized carbons (Fsp3) is 0.357. The van der Waals surface area contributed by atoms with Crippen LogP contribution in [-0.4, -0.2) is 10.9 Å². The van der Waals surface area contributed by atoms with E-state index in [-0.39, 0.29) is 23.4 Å². The molecule has 1 aromatic rings. The van der Waals surface area contributed by atoms with Crippen molar-refractivity contribution in [3.8, 4) is 5.75 Å². The molecule has 0 bridgehead atoms. The molecule has 1 N–H and O–H groups in total. The van der Waals surface area contributed by atoms with Gasteiger partial charge in [0.15, 0.2) is 17.3 Å². The van der Waals surface area contributed by atoms with Crippen LogP contribution in [0.3, 0.4) is 0 Å². The van der Waals surface area contributed by atoms with Crippen LogP contribution >= 0.6 is 15.9 Å². The average Bonchev–Trinajstić information content (AvgIpc) is 2.89. The number of benzene rings is 1. The molecule has 4 heteroatoms. The zero-order valence-electron chi connectivity index (χ0n) is 9.62. The molecule has 0 saturated heterocycles. The molecule has 3 rings (SSSR count). The molecule has 2 aliphatic carbocycles. The fourth-order valence-corrected chi connectivity index (χ4v) is 3.91. The predicted octanol–water partition coefficient (Wildman–Crippen LogP) is 3.64. The van der Waals surface area contributed by atoms with Crippen LogP contribution in [0.15, 0.2) is 22.7 Å². The highest BCUT2D eigenvalue weighted by molar-refractivity contribution is 9.12. The molecule has 2 nitrogen and oxygen atoms in total. The Bertz CT molecular complexity index is 565. The number of Topliss-reactive ketones (excluding diaryl/α,β-unsaturated/α-hetero) is 1. The number of phenols is 1. The molecule has 0 spiro atoms. The monoisotopic (exact) mass is 310 g/mol. The first-order chi connectivity index (χ1) is 8.59. The van der Waals surface area contributed by atoms with Gasteiger partial charge in [0.25, 0.3) is 0 Å². The Kier molecular flexibility index (Phi) is 2.77. The van der Waals surface area contributed by atoms with Gasteiger partial charge in [-0.15, -0.1) is 0 Å². The van der Waals surface area contributed by atoms with Gasteiger partial charge < -0.3 is 5.11 Å². The van der Waals surface area contributed by atoms with Crippen molar-refractivity contribution in [2.45, 2.75) is 19.3 Å². The Labute approximate surface area is 113 Å². The van der Waals surface area contributed by atoms with Gasteiger partial charge in [-0.3, -0.25) is 4.79 Å². The molecule has 2 unspecified atom stereocenters. The quantitative estimate of drug-likeness (QED) is 0.860. The van der Waals surface area contributed by atoms with Gasteiger partial charge in [-0.1, -0.05) is 12.5 Å². The number of aromatic hydroxyl groups is 1. The van der Waals surface area contributed by atoms with E-state index in [0.29, 0.717) is 10.0 Å². The van der Waals surface area contributed by atoms with Crippen LogP contribution in [0.5, 0.6) is 5.75 Å². The van der Waals surface area contributed by atoms with Gasteiger partial charge in [0.05, 0.1) is 4.48 Å². The van der Waals surface area contributed by atoms with Crippen LogP contribution in [-0.2, 0) is 4.79 Å². The maximum Gasteiger partial charge on any atom is 0.173 e. The summed E-state index contributed by atoms with van der Waals surface area (Å²) in [5.41, 5.74) is 1.60. The third kappa shape index (κ3) is 1.62. The molecular formula is C14H12BrFO2. The molecule has 0 radical (unpaired) electrons. The van der Waals surface area contributed by atoms with Crippen molar-refractivity contribution in [3.63, 3.8) is 0 Å². The molecule has 1 saturated carbocycles. The summed E-state index contributed by atoms with van der Waals surface area (Å²) in [4.78, 5) is 12.1. The molecule has 18 heavy (non-hydrogen) atoms. The SMILES string of the molecule is O=C1C(Br)=C(c2ccc(O)c(F)c2)C2CCCC12. The normalized spacial score (nSPS) is 26.9. The number of carbonyl (C=O) groups excluding carboxylic acids is 1. The van der Waals surface area contributed by atoms with Crippen LogP contribution in [0.1, 0.15) is 24.8 Å². The van der Waals surface area contributed by atoms with Crippen molar-refractivity contribution in [1.29, 1.82) is 0 Å². The summed E-state index contributed by atoms with van der Waals surface area (Å²) in [6, 6.07) is 4.31. The first-order valence-corrected chi connectivity index (χ1v) is 6.81. The van der Waals surface area contributed by atoms with Crippen LogP contribution in [0.25, 0.3) is 5.57 Å². The molecule has 94 valence electrons. The molecule has 2 atom stereocenters. The van der Waals surface area contributed by atoms with Gasteiger partial charge in [-0.05, 0) is 58.0 Å². The van der Waals surface area contributed by atoms with Gasteiger partial charge in [-0.2, -0.15) is 0 Å². The Hall–Kier alpha value is -1.16. The number of halogens is 2. The number of carbonyl (C=O) groups is 1. The highest BCUT2D eigenvalue weighted by atomic mass is 79.9. The van der Waals surface area contributed by atoms with E-state index in [2.05, 4.69) is 15.9 Å². The number of hydrogen-bond donors (Lipinski definition) is 1. The largest absolute Gasteiger partial charge is 0.505 e. The van der Waals surface area contributed by atoms with E-state index in [1.54, 1.807) is 6.07 Å². The van der Waals surface area contributed by atoms with Crippen molar-refractivity contribution >= 4 is 27.3 Å². The van der Waals surface area contributed by atoms with Crippen molar-refractivity contribution in [3.05, 3.63) is 34.1 Å². The van der Waals surface area contributed by atoms with Crippen LogP contribution in [0.4, 0.5) is 4.39 Å². The van der Waals surface area contributed by atoms with Gasteiger partial charge in [0.1, 0.15) is 0 Å². The van der Waals surface area contributed by atoms with E-state index in [9.17, 15) is 14.3 Å². The highest BCUT2D eigenvalue weighted by Crippen LogP contribution is 2.51. The number of phenolic OH excluding ortho intramolecular Hbond substituents is 1. The Morgan fingerprint density at radius 2 is 2.00 bits per heavy atom. The second kappa shape index (κ2) is 4.19. The van der Waals surface area contributed by atoms with Crippen LogP contribution in [0, 0.1) is 17.7 Å². The van der Waals surface area contributed by atoms with Gasteiger partial charge in [0, 0.05) is 5.92 Å². The lowest BCUT2D eigenvalue weighted by atomic mass is 9.90. The number of rotatable bonds is 1. The first kappa shape index (κ1) is 11.9. The molecule has 1 aromatic carbocycles. The smallest absolute Gasteiger partial charge is 0.173 e. The number of ketones is 1. The summed E-state index contributed by atoms with van der Waals surface area (Å²) in [5, 5.41) is 9.22. The second-order valence-corrected chi connectivity index (χ2v) is 5.69. The molecule has 2 aliphatic rings. The minimum atomic E-state index is -0.644. The minimum absolute atomic E-state index is 0.0613. The summed E-state index contributed by atoms with van der Waals surface area (Å²) < 4.78 is 14.0. The Morgan fingerprint density at radius 1 is 1.28 bits per heavy atom. The zero-order chi connectivity index (χ0) is 12.9. The predicted molar refractivity (Wildman–Crippen MR) is 69.7 cm³/mol. The van der Waals surface area contributed by atoms with Crippen molar-refractivity contribution in [2.24, 2.45) is 11.8 Å². The van der Waals surface area contributed by atoms with Gasteiger partial charge >= 0.3 is 0 Å². The topological polar surface area (TPSA) is 37.3 Å². The number of fused-ring (bicyclic) bond motifs is 1. The van der Waals surface area contributed by atoms with E-state index in [1.807, 2.05) is 0 Å². The molecule has 1 fully saturated rings. The van der Waals surface area contributed by atoms with Crippen molar-refractivity contribution in [2.75, 3.05) is 0 Å². The summed E-state index contributed by atoms with van der Waals surface area (Å²) >= 11 is 3.35. The number of allylic oxidation sites excluding steroid dienone is 2. The van der Waals surface area contributed by atoms with Crippen LogP contribution in [0.2, 0.25) is 0 Å². The third-order valence-electron chi connectivity index (χ3n) is 3.94. The number of hydrogen-bond acceptors (Lipinski definition) is 2. The van der Waals surface area contributed by atoms with E-state index < -0.39 is 5.82 Å². The van der Waals surface area contributed by atoms with Gasteiger partial charge in [0.2, 0.25) is 0 Å². The average molecular weight is 311 g/mol. The minimum Gasteiger partial charge on any atom is -0.505 e. The highest BCUT2D eigenvalue weighted by Gasteiger charge is 2.43. The lowest BCUT2D eigenvalue weighted by molar-refractivity contribution is -0.118. The first-order valence-electron chi connectivity index (χ1n) is 6.02. The second-order valence-electron chi connectivity index (χ2n) is 4.90. The maximum atomic E-state index is 13.4. The summed E-state index contributed by atoms with van der Waals surface area (Å²) in [5.74, 6) is -0.597. The fourth-order valence-electron chi connectivity index (χ4n) is 3.09. The molecule has 0 amide bonds.